The Morgan fingerprint density at radius 1 is 0.828 bits per heavy atom. The molecule has 2 aromatic carbocycles. The Hall–Kier alpha value is -2.37. The molecule has 2 fully saturated rings. The smallest absolute Gasteiger partial charge is 0.251 e. The lowest BCUT2D eigenvalue weighted by Gasteiger charge is -2.36. The van der Waals surface area contributed by atoms with Gasteiger partial charge in [-0.2, -0.15) is 0 Å². The maximum absolute atomic E-state index is 12.6. The van der Waals surface area contributed by atoms with E-state index < -0.39 is 0 Å². The fourth-order valence-electron chi connectivity index (χ4n) is 4.31. The van der Waals surface area contributed by atoms with E-state index in [1.165, 1.54) is 37.2 Å². The highest BCUT2D eigenvalue weighted by Crippen LogP contribution is 2.16. The number of benzene rings is 2. The standard InChI is InChI=1S/C24H32N4O/c29-24(22-8-6-7-21(19-22)20-27-12-4-5-13-27)25-11-14-26-15-17-28(18-16-26)23-9-2-1-3-10-23/h1-3,6-10,19H,4-5,11-18,20H2,(H,25,29). The van der Waals surface area contributed by atoms with Crippen LogP contribution >= 0.6 is 0 Å². The first-order valence-electron chi connectivity index (χ1n) is 10.9. The molecule has 154 valence electrons. The topological polar surface area (TPSA) is 38.8 Å². The van der Waals surface area contributed by atoms with Crippen molar-refractivity contribution in [2.24, 2.45) is 0 Å². The number of carbonyl (C=O) groups excluding carboxylic acids is 1. The molecule has 2 saturated heterocycles. The molecule has 5 nitrogen and oxygen atoms in total. The molecule has 0 unspecified atom stereocenters. The minimum atomic E-state index is 0.0381. The number of anilines is 1. The third kappa shape index (κ3) is 5.58. The molecule has 2 heterocycles. The summed E-state index contributed by atoms with van der Waals surface area (Å²) in [7, 11) is 0. The quantitative estimate of drug-likeness (QED) is 0.787. The molecule has 0 radical (unpaired) electrons. The molecule has 2 aliphatic heterocycles. The lowest BCUT2D eigenvalue weighted by Crippen LogP contribution is -2.48. The van der Waals surface area contributed by atoms with Crippen molar-refractivity contribution in [3.05, 3.63) is 65.7 Å². The number of rotatable bonds is 7. The van der Waals surface area contributed by atoms with Crippen molar-refractivity contribution in [1.82, 2.24) is 15.1 Å². The van der Waals surface area contributed by atoms with Crippen LogP contribution in [0.1, 0.15) is 28.8 Å². The van der Waals surface area contributed by atoms with Crippen LogP contribution in [0.15, 0.2) is 54.6 Å². The average molecular weight is 393 g/mol. The van der Waals surface area contributed by atoms with Gasteiger partial charge in [-0.05, 0) is 55.8 Å². The number of para-hydroxylation sites is 1. The van der Waals surface area contributed by atoms with E-state index in [1.54, 1.807) is 0 Å². The second-order valence-electron chi connectivity index (χ2n) is 8.10. The first-order valence-corrected chi connectivity index (χ1v) is 10.9. The maximum Gasteiger partial charge on any atom is 0.251 e. The predicted octanol–water partition coefficient (Wildman–Crippen LogP) is 2.83. The number of hydrogen-bond donors (Lipinski definition) is 1. The van der Waals surface area contributed by atoms with Crippen LogP contribution in [0.25, 0.3) is 0 Å². The SMILES string of the molecule is O=C(NCCN1CCN(c2ccccc2)CC1)c1cccc(CN2CCCC2)c1. The fraction of sp³-hybridized carbons (Fsp3) is 0.458. The molecule has 2 aromatic rings. The Morgan fingerprint density at radius 3 is 2.34 bits per heavy atom. The summed E-state index contributed by atoms with van der Waals surface area (Å²) in [5, 5.41) is 3.10. The Bertz CT molecular complexity index is 780. The summed E-state index contributed by atoms with van der Waals surface area (Å²) < 4.78 is 0. The first-order chi connectivity index (χ1) is 14.3. The van der Waals surface area contributed by atoms with Crippen LogP contribution in [0.4, 0.5) is 5.69 Å². The molecule has 0 bridgehead atoms. The van der Waals surface area contributed by atoms with Gasteiger partial charge in [-0.25, -0.2) is 0 Å². The molecule has 0 aliphatic carbocycles. The number of amides is 1. The zero-order valence-corrected chi connectivity index (χ0v) is 17.2. The van der Waals surface area contributed by atoms with Crippen LogP contribution in [0.5, 0.6) is 0 Å². The van der Waals surface area contributed by atoms with Gasteiger partial charge in [0.2, 0.25) is 0 Å². The van der Waals surface area contributed by atoms with E-state index in [0.717, 1.165) is 44.8 Å². The number of nitrogens with one attached hydrogen (secondary N) is 1. The van der Waals surface area contributed by atoms with Crippen molar-refractivity contribution in [2.75, 3.05) is 57.3 Å². The number of hydrogen-bond acceptors (Lipinski definition) is 4. The van der Waals surface area contributed by atoms with E-state index in [2.05, 4.69) is 56.4 Å². The number of nitrogens with zero attached hydrogens (tertiary/aromatic N) is 3. The van der Waals surface area contributed by atoms with Crippen molar-refractivity contribution in [1.29, 1.82) is 0 Å². The van der Waals surface area contributed by atoms with Crippen molar-refractivity contribution >= 4 is 11.6 Å². The molecule has 1 amide bonds. The lowest BCUT2D eigenvalue weighted by molar-refractivity contribution is 0.0947. The monoisotopic (exact) mass is 392 g/mol. The van der Waals surface area contributed by atoms with E-state index in [-0.39, 0.29) is 5.91 Å². The van der Waals surface area contributed by atoms with Crippen molar-refractivity contribution in [2.45, 2.75) is 19.4 Å². The molecule has 4 rings (SSSR count). The van der Waals surface area contributed by atoms with Gasteiger partial charge in [-0.1, -0.05) is 30.3 Å². The highest BCUT2D eigenvalue weighted by molar-refractivity contribution is 5.94. The van der Waals surface area contributed by atoms with Crippen molar-refractivity contribution in [3.63, 3.8) is 0 Å². The first kappa shape index (κ1) is 19.9. The predicted molar refractivity (Wildman–Crippen MR) is 118 cm³/mol. The Balaban J connectivity index is 1.19. The lowest BCUT2D eigenvalue weighted by atomic mass is 10.1. The van der Waals surface area contributed by atoms with E-state index in [4.69, 9.17) is 0 Å². The van der Waals surface area contributed by atoms with Gasteiger partial charge in [0, 0.05) is 57.1 Å². The third-order valence-corrected chi connectivity index (χ3v) is 6.00. The summed E-state index contributed by atoms with van der Waals surface area (Å²) in [6, 6.07) is 18.7. The molecule has 0 saturated carbocycles. The van der Waals surface area contributed by atoms with Gasteiger partial charge in [0.05, 0.1) is 0 Å². The molecule has 5 heteroatoms. The van der Waals surface area contributed by atoms with Gasteiger partial charge in [-0.3, -0.25) is 14.6 Å². The molecule has 0 atom stereocenters. The zero-order valence-electron chi connectivity index (χ0n) is 17.2. The van der Waals surface area contributed by atoms with Gasteiger partial charge in [0.15, 0.2) is 0 Å². The average Bonchev–Trinajstić information content (AvgIpc) is 3.28. The molecule has 1 N–H and O–H groups in total. The Labute approximate surface area is 174 Å². The van der Waals surface area contributed by atoms with Crippen LogP contribution in [0.3, 0.4) is 0 Å². The van der Waals surface area contributed by atoms with Crippen molar-refractivity contribution in [3.8, 4) is 0 Å². The van der Waals surface area contributed by atoms with Gasteiger partial charge >= 0.3 is 0 Å². The summed E-state index contributed by atoms with van der Waals surface area (Å²) in [6.07, 6.45) is 2.58. The summed E-state index contributed by atoms with van der Waals surface area (Å²) in [6.45, 7) is 9.05. The van der Waals surface area contributed by atoms with Gasteiger partial charge in [0.1, 0.15) is 0 Å². The molecule has 0 spiro atoms. The molecule has 29 heavy (non-hydrogen) atoms. The van der Waals surface area contributed by atoms with Gasteiger partial charge in [-0.15, -0.1) is 0 Å². The van der Waals surface area contributed by atoms with Gasteiger partial charge in [0.25, 0.3) is 5.91 Å². The summed E-state index contributed by atoms with van der Waals surface area (Å²) in [5.41, 5.74) is 3.31. The number of piperazine rings is 1. The van der Waals surface area contributed by atoms with Crippen LogP contribution in [-0.4, -0.2) is 68.1 Å². The van der Waals surface area contributed by atoms with E-state index in [9.17, 15) is 4.79 Å². The second kappa shape index (κ2) is 9.90. The van der Waals surface area contributed by atoms with E-state index in [1.807, 2.05) is 18.2 Å². The molecular weight excluding hydrogens is 360 g/mol. The van der Waals surface area contributed by atoms with Crippen LogP contribution in [0.2, 0.25) is 0 Å². The third-order valence-electron chi connectivity index (χ3n) is 6.00. The summed E-state index contributed by atoms with van der Waals surface area (Å²) in [4.78, 5) is 19.9. The number of likely N-dealkylation sites (tertiary alicyclic amines) is 1. The highest BCUT2D eigenvalue weighted by atomic mass is 16.1. The molecule has 0 aromatic heterocycles. The van der Waals surface area contributed by atoms with E-state index >= 15 is 0 Å². The Morgan fingerprint density at radius 2 is 1.59 bits per heavy atom. The Kier molecular flexibility index (Phi) is 6.80. The molecular formula is C24H32N4O. The van der Waals surface area contributed by atoms with E-state index in [0.29, 0.717) is 6.54 Å². The summed E-state index contributed by atoms with van der Waals surface area (Å²) >= 11 is 0. The largest absolute Gasteiger partial charge is 0.369 e. The maximum atomic E-state index is 12.6. The van der Waals surface area contributed by atoms with Crippen LogP contribution < -0.4 is 10.2 Å². The van der Waals surface area contributed by atoms with Gasteiger partial charge < -0.3 is 10.2 Å². The zero-order chi connectivity index (χ0) is 19.9. The normalized spacial score (nSPS) is 18.1. The fourth-order valence-corrected chi connectivity index (χ4v) is 4.31. The summed E-state index contributed by atoms with van der Waals surface area (Å²) in [5.74, 6) is 0.0381. The van der Waals surface area contributed by atoms with Crippen molar-refractivity contribution < 1.29 is 4.79 Å². The molecule has 2 aliphatic rings. The van der Waals surface area contributed by atoms with Crippen LogP contribution in [-0.2, 0) is 6.54 Å². The van der Waals surface area contributed by atoms with Crippen LogP contribution in [0, 0.1) is 0 Å². The minimum Gasteiger partial charge on any atom is -0.369 e. The minimum absolute atomic E-state index is 0.0381. The second-order valence-corrected chi connectivity index (χ2v) is 8.10. The highest BCUT2D eigenvalue weighted by Gasteiger charge is 2.17. The number of carbonyl (C=O) groups is 1.